The second kappa shape index (κ2) is 11.2. The van der Waals surface area contributed by atoms with Gasteiger partial charge in [0.2, 0.25) is 5.91 Å². The second-order valence-electron chi connectivity index (χ2n) is 7.51. The molecular weight excluding hydrogens is 469 g/mol. The number of benzene rings is 2. The first-order valence-electron chi connectivity index (χ1n) is 10.3. The first-order chi connectivity index (χ1) is 15.3. The van der Waals surface area contributed by atoms with Crippen molar-refractivity contribution in [2.75, 3.05) is 11.9 Å². The Kier molecular flexibility index (Phi) is 8.59. The Balaban J connectivity index is 1.82. The number of hydrogen-bond acceptors (Lipinski definition) is 5. The van der Waals surface area contributed by atoms with Crippen LogP contribution in [-0.4, -0.2) is 33.4 Å². The number of carbonyl (C=O) groups is 1. The van der Waals surface area contributed by atoms with Crippen molar-refractivity contribution in [3.63, 3.8) is 0 Å². The fourth-order valence-electron chi connectivity index (χ4n) is 3.01. The van der Waals surface area contributed by atoms with Crippen LogP contribution in [-0.2, 0) is 16.1 Å². The van der Waals surface area contributed by atoms with Gasteiger partial charge in [-0.3, -0.25) is 14.2 Å². The molecule has 0 spiro atoms. The molecule has 9 heteroatoms. The monoisotopic (exact) mass is 493 g/mol. The molecule has 170 valence electrons. The van der Waals surface area contributed by atoms with E-state index in [0.29, 0.717) is 51.4 Å². The van der Waals surface area contributed by atoms with Gasteiger partial charge in [-0.1, -0.05) is 47.1 Å². The van der Waals surface area contributed by atoms with Gasteiger partial charge < -0.3 is 10.1 Å². The maximum atomic E-state index is 13.1. The predicted molar refractivity (Wildman–Crippen MR) is 132 cm³/mol. The molecule has 0 radical (unpaired) electrons. The third-order valence-corrected chi connectivity index (χ3v) is 6.28. The van der Waals surface area contributed by atoms with Gasteiger partial charge in [-0.05, 0) is 57.5 Å². The van der Waals surface area contributed by atoms with Crippen molar-refractivity contribution in [2.24, 2.45) is 0 Å². The van der Waals surface area contributed by atoms with Gasteiger partial charge in [0.05, 0.1) is 33.0 Å². The van der Waals surface area contributed by atoms with Crippen LogP contribution < -0.4 is 10.9 Å². The summed E-state index contributed by atoms with van der Waals surface area (Å²) in [6, 6.07) is 12.1. The highest BCUT2D eigenvalue weighted by Gasteiger charge is 2.20. The Hall–Kier alpha value is -2.06. The smallest absolute Gasteiger partial charge is 0.262 e. The van der Waals surface area contributed by atoms with Crippen molar-refractivity contribution < 1.29 is 9.53 Å². The maximum Gasteiger partial charge on any atom is 0.262 e. The van der Waals surface area contributed by atoms with Gasteiger partial charge in [0.25, 0.3) is 5.56 Å². The summed E-state index contributed by atoms with van der Waals surface area (Å²) < 4.78 is 7.23. The molecule has 0 aliphatic carbocycles. The Morgan fingerprint density at radius 3 is 2.66 bits per heavy atom. The number of anilines is 1. The fourth-order valence-corrected chi connectivity index (χ4v) is 4.40. The van der Waals surface area contributed by atoms with Gasteiger partial charge in [0.15, 0.2) is 5.16 Å². The molecule has 0 aliphatic heterocycles. The molecule has 1 atom stereocenters. The standard InChI is InChI=1S/C23H25Cl2N3O3S/c1-14(2)31-12-6-11-28-22(30)17-7-4-5-8-19(17)27-23(28)32-15(3)21(29)26-20-10-9-16(24)13-18(20)25/h4-5,7-10,13-15H,6,11-12H2,1-3H3,(H,26,29). The normalized spacial score (nSPS) is 12.3. The summed E-state index contributed by atoms with van der Waals surface area (Å²) in [5, 5.41) is 4.17. The number of rotatable bonds is 9. The molecule has 0 saturated carbocycles. The predicted octanol–water partition coefficient (Wildman–Crippen LogP) is 5.64. The van der Waals surface area contributed by atoms with Crippen molar-refractivity contribution >= 4 is 57.5 Å². The van der Waals surface area contributed by atoms with Crippen LogP contribution in [0.25, 0.3) is 10.9 Å². The zero-order valence-corrected chi connectivity index (χ0v) is 20.4. The summed E-state index contributed by atoms with van der Waals surface area (Å²) in [7, 11) is 0. The molecule has 0 aliphatic rings. The quantitative estimate of drug-likeness (QED) is 0.237. The van der Waals surface area contributed by atoms with E-state index in [9.17, 15) is 9.59 Å². The van der Waals surface area contributed by atoms with Gasteiger partial charge in [-0.25, -0.2) is 4.98 Å². The molecule has 2 aromatic carbocycles. The van der Waals surface area contributed by atoms with Crippen molar-refractivity contribution in [1.29, 1.82) is 0 Å². The molecule has 3 rings (SSSR count). The molecule has 1 unspecified atom stereocenters. The molecule has 0 bridgehead atoms. The lowest BCUT2D eigenvalue weighted by atomic mass is 10.2. The van der Waals surface area contributed by atoms with Gasteiger partial charge in [0, 0.05) is 18.2 Å². The van der Waals surface area contributed by atoms with Crippen LogP contribution in [0.3, 0.4) is 0 Å². The van der Waals surface area contributed by atoms with E-state index in [-0.39, 0.29) is 17.6 Å². The van der Waals surface area contributed by atoms with E-state index in [1.807, 2.05) is 26.0 Å². The van der Waals surface area contributed by atoms with Crippen LogP contribution in [0.4, 0.5) is 5.69 Å². The fraction of sp³-hybridized carbons (Fsp3) is 0.348. The summed E-state index contributed by atoms with van der Waals surface area (Å²) in [4.78, 5) is 30.6. The zero-order chi connectivity index (χ0) is 23.3. The number of carbonyl (C=O) groups excluding carboxylic acids is 1. The largest absolute Gasteiger partial charge is 0.379 e. The minimum Gasteiger partial charge on any atom is -0.379 e. The minimum atomic E-state index is -0.520. The summed E-state index contributed by atoms with van der Waals surface area (Å²) in [5.74, 6) is -0.253. The van der Waals surface area contributed by atoms with Gasteiger partial charge in [-0.15, -0.1) is 0 Å². The van der Waals surface area contributed by atoms with E-state index in [4.69, 9.17) is 27.9 Å². The second-order valence-corrected chi connectivity index (χ2v) is 9.67. The molecule has 1 heterocycles. The number of aromatic nitrogens is 2. The number of halogens is 2. The van der Waals surface area contributed by atoms with E-state index >= 15 is 0 Å². The molecule has 6 nitrogen and oxygen atoms in total. The minimum absolute atomic E-state index is 0.124. The molecular formula is C23H25Cl2N3O3S. The highest BCUT2D eigenvalue weighted by atomic mass is 35.5. The summed E-state index contributed by atoms with van der Waals surface area (Å²) >= 11 is 13.3. The molecule has 0 saturated heterocycles. The number of hydrogen-bond donors (Lipinski definition) is 1. The lowest BCUT2D eigenvalue weighted by Gasteiger charge is -2.17. The average Bonchev–Trinajstić information content (AvgIpc) is 2.74. The van der Waals surface area contributed by atoms with E-state index < -0.39 is 5.25 Å². The van der Waals surface area contributed by atoms with Gasteiger partial charge in [0.1, 0.15) is 0 Å². The highest BCUT2D eigenvalue weighted by Crippen LogP contribution is 2.28. The molecule has 1 N–H and O–H groups in total. The van der Waals surface area contributed by atoms with E-state index in [1.54, 1.807) is 41.8 Å². The van der Waals surface area contributed by atoms with Crippen LogP contribution in [0.15, 0.2) is 52.4 Å². The Morgan fingerprint density at radius 1 is 1.19 bits per heavy atom. The first-order valence-corrected chi connectivity index (χ1v) is 11.9. The van der Waals surface area contributed by atoms with Gasteiger partial charge in [-0.2, -0.15) is 0 Å². The summed E-state index contributed by atoms with van der Waals surface area (Å²) in [6.45, 7) is 6.68. The number of nitrogens with one attached hydrogen (secondary N) is 1. The van der Waals surface area contributed by atoms with Crippen molar-refractivity contribution in [3.8, 4) is 0 Å². The summed E-state index contributed by atoms with van der Waals surface area (Å²) in [5.41, 5.74) is 0.947. The van der Waals surface area contributed by atoms with E-state index in [1.165, 1.54) is 11.8 Å². The number of nitrogens with zero attached hydrogens (tertiary/aromatic N) is 2. The zero-order valence-electron chi connectivity index (χ0n) is 18.1. The first kappa shape index (κ1) is 24.6. The van der Waals surface area contributed by atoms with Crippen LogP contribution in [0.1, 0.15) is 27.2 Å². The lowest BCUT2D eigenvalue weighted by Crippen LogP contribution is -2.27. The molecule has 1 amide bonds. The van der Waals surface area contributed by atoms with Crippen LogP contribution in [0.5, 0.6) is 0 Å². The topological polar surface area (TPSA) is 73.2 Å². The number of ether oxygens (including phenoxy) is 1. The lowest BCUT2D eigenvalue weighted by molar-refractivity contribution is -0.115. The van der Waals surface area contributed by atoms with Crippen molar-refractivity contribution in [3.05, 3.63) is 62.9 Å². The van der Waals surface area contributed by atoms with Crippen molar-refractivity contribution in [1.82, 2.24) is 9.55 Å². The third kappa shape index (κ3) is 6.25. The number of para-hydroxylation sites is 1. The van der Waals surface area contributed by atoms with Crippen LogP contribution in [0, 0.1) is 0 Å². The van der Waals surface area contributed by atoms with Crippen LogP contribution in [0.2, 0.25) is 10.0 Å². The number of thioether (sulfide) groups is 1. The number of amides is 1. The summed E-state index contributed by atoms with van der Waals surface area (Å²) in [6.07, 6.45) is 0.783. The Labute approximate surface area is 201 Å². The SMILES string of the molecule is CC(C)OCCCn1c(SC(C)C(=O)Nc2ccc(Cl)cc2Cl)nc2ccccc2c1=O. The van der Waals surface area contributed by atoms with Crippen LogP contribution >= 0.6 is 35.0 Å². The molecule has 0 fully saturated rings. The Bertz CT molecular complexity index is 1170. The highest BCUT2D eigenvalue weighted by molar-refractivity contribution is 8.00. The van der Waals surface area contributed by atoms with Gasteiger partial charge >= 0.3 is 0 Å². The molecule has 3 aromatic rings. The van der Waals surface area contributed by atoms with Crippen molar-refractivity contribution in [2.45, 2.75) is 50.2 Å². The number of fused-ring (bicyclic) bond motifs is 1. The Morgan fingerprint density at radius 2 is 1.94 bits per heavy atom. The molecule has 1 aromatic heterocycles. The third-order valence-electron chi connectivity index (χ3n) is 4.64. The van der Waals surface area contributed by atoms with E-state index in [0.717, 1.165) is 0 Å². The molecule has 32 heavy (non-hydrogen) atoms. The maximum absolute atomic E-state index is 13.1. The average molecular weight is 494 g/mol. The van der Waals surface area contributed by atoms with E-state index in [2.05, 4.69) is 10.3 Å².